The maximum atomic E-state index is 12.1. The molecule has 1 aliphatic heterocycles. The molecule has 27 heavy (non-hydrogen) atoms. The molecule has 0 radical (unpaired) electrons. The van der Waals surface area contributed by atoms with Crippen molar-refractivity contribution in [1.29, 1.82) is 0 Å². The predicted molar refractivity (Wildman–Crippen MR) is 99.1 cm³/mol. The van der Waals surface area contributed by atoms with Crippen molar-refractivity contribution >= 4 is 21.7 Å². The Balaban J connectivity index is 1.47. The van der Waals surface area contributed by atoms with E-state index >= 15 is 0 Å². The molecule has 1 aliphatic rings. The summed E-state index contributed by atoms with van der Waals surface area (Å²) in [6.45, 7) is 2.49. The lowest BCUT2D eigenvalue weighted by atomic mass is 10.2. The number of rotatable bonds is 7. The van der Waals surface area contributed by atoms with Gasteiger partial charge >= 0.3 is 0 Å². The van der Waals surface area contributed by atoms with Crippen molar-refractivity contribution in [1.82, 2.24) is 15.3 Å². The van der Waals surface area contributed by atoms with Crippen LogP contribution in [0.25, 0.3) is 0 Å². The number of hydrogen-bond donors (Lipinski definition) is 2. The second-order valence-electron chi connectivity index (χ2n) is 6.08. The summed E-state index contributed by atoms with van der Waals surface area (Å²) in [6, 6.07) is 7.19. The largest absolute Gasteiger partial charge is 0.476 e. The second-order valence-corrected chi connectivity index (χ2v) is 7.64. The van der Waals surface area contributed by atoms with E-state index in [9.17, 15) is 13.2 Å². The molecular formula is C17H21N5O4S. The highest BCUT2D eigenvalue weighted by Crippen LogP contribution is 2.20. The SMILES string of the molecule is NS(=O)(=O)c1ccc(C(=O)NCCOc2cc(N3CCCC3)ncn2)cc1. The van der Waals surface area contributed by atoms with Crippen LogP contribution in [0, 0.1) is 0 Å². The van der Waals surface area contributed by atoms with Crippen LogP contribution in [-0.4, -0.2) is 50.5 Å². The Morgan fingerprint density at radius 2 is 1.89 bits per heavy atom. The predicted octanol–water partition coefficient (Wildman–Crippen LogP) is 0.533. The Hall–Kier alpha value is -2.72. The van der Waals surface area contributed by atoms with E-state index < -0.39 is 10.0 Å². The molecule has 3 N–H and O–H groups in total. The molecule has 1 fully saturated rings. The van der Waals surface area contributed by atoms with E-state index in [1.165, 1.54) is 30.6 Å². The van der Waals surface area contributed by atoms with Crippen molar-refractivity contribution in [3.05, 3.63) is 42.2 Å². The molecule has 1 aromatic heterocycles. The molecule has 0 saturated carbocycles. The van der Waals surface area contributed by atoms with Gasteiger partial charge in [0.2, 0.25) is 15.9 Å². The van der Waals surface area contributed by atoms with Gasteiger partial charge in [0.15, 0.2) is 0 Å². The van der Waals surface area contributed by atoms with Gasteiger partial charge in [0.1, 0.15) is 18.8 Å². The topological polar surface area (TPSA) is 128 Å². The van der Waals surface area contributed by atoms with Crippen molar-refractivity contribution in [2.45, 2.75) is 17.7 Å². The highest BCUT2D eigenvalue weighted by atomic mass is 32.2. The maximum absolute atomic E-state index is 12.1. The number of carbonyl (C=O) groups excluding carboxylic acids is 1. The number of nitrogens with one attached hydrogen (secondary N) is 1. The van der Waals surface area contributed by atoms with E-state index in [0.717, 1.165) is 31.7 Å². The van der Waals surface area contributed by atoms with Crippen molar-refractivity contribution < 1.29 is 17.9 Å². The van der Waals surface area contributed by atoms with Gasteiger partial charge in [-0.15, -0.1) is 0 Å². The number of ether oxygens (including phenoxy) is 1. The van der Waals surface area contributed by atoms with Crippen LogP contribution in [0.4, 0.5) is 5.82 Å². The molecule has 1 saturated heterocycles. The number of benzene rings is 1. The fourth-order valence-electron chi connectivity index (χ4n) is 2.75. The summed E-state index contributed by atoms with van der Waals surface area (Å²) in [5.74, 6) is 0.968. The van der Waals surface area contributed by atoms with E-state index in [4.69, 9.17) is 9.88 Å². The average molecular weight is 391 g/mol. The summed E-state index contributed by atoms with van der Waals surface area (Å²) in [7, 11) is -3.77. The van der Waals surface area contributed by atoms with Gasteiger partial charge in [-0.05, 0) is 37.1 Å². The van der Waals surface area contributed by atoms with Crippen LogP contribution < -0.4 is 20.1 Å². The van der Waals surface area contributed by atoms with Gasteiger partial charge in [-0.3, -0.25) is 4.79 Å². The van der Waals surface area contributed by atoms with Crippen LogP contribution in [0.5, 0.6) is 5.88 Å². The Kier molecular flexibility index (Phi) is 5.87. The average Bonchev–Trinajstić information content (AvgIpc) is 3.19. The molecule has 1 amide bonds. The van der Waals surface area contributed by atoms with Crippen LogP contribution in [0.2, 0.25) is 0 Å². The third-order valence-electron chi connectivity index (χ3n) is 4.14. The van der Waals surface area contributed by atoms with E-state index in [1.54, 1.807) is 6.07 Å². The van der Waals surface area contributed by atoms with Crippen molar-refractivity contribution in [3.63, 3.8) is 0 Å². The Morgan fingerprint density at radius 3 is 2.56 bits per heavy atom. The highest BCUT2D eigenvalue weighted by Gasteiger charge is 2.14. The summed E-state index contributed by atoms with van der Waals surface area (Å²) < 4.78 is 28.0. The van der Waals surface area contributed by atoms with Gasteiger partial charge < -0.3 is 15.0 Å². The Labute approximate surface area is 157 Å². The molecule has 10 heteroatoms. The minimum Gasteiger partial charge on any atom is -0.476 e. The standard InChI is InChI=1S/C17H21N5O4S/c18-27(24,25)14-5-3-13(4-6-14)17(23)19-7-10-26-16-11-15(20-12-21-16)22-8-1-2-9-22/h3-6,11-12H,1-2,7-10H2,(H,19,23)(H2,18,24,25). The van der Waals surface area contributed by atoms with Crippen LogP contribution in [0.3, 0.4) is 0 Å². The number of hydrogen-bond acceptors (Lipinski definition) is 7. The van der Waals surface area contributed by atoms with Crippen LogP contribution >= 0.6 is 0 Å². The first-order valence-corrected chi connectivity index (χ1v) is 10.1. The quantitative estimate of drug-likeness (QED) is 0.659. The molecule has 9 nitrogen and oxygen atoms in total. The number of amides is 1. The number of sulfonamides is 1. The smallest absolute Gasteiger partial charge is 0.251 e. The molecular weight excluding hydrogens is 370 g/mol. The Bertz CT molecular complexity index is 896. The lowest BCUT2D eigenvalue weighted by Gasteiger charge is -2.16. The van der Waals surface area contributed by atoms with Gasteiger partial charge in [0.05, 0.1) is 11.4 Å². The summed E-state index contributed by atoms with van der Waals surface area (Å²) in [5, 5.41) is 7.73. The molecule has 144 valence electrons. The third-order valence-corrected chi connectivity index (χ3v) is 5.07. The molecule has 2 heterocycles. The zero-order chi connectivity index (χ0) is 19.3. The fourth-order valence-corrected chi connectivity index (χ4v) is 3.26. The first kappa shape index (κ1) is 19.1. The lowest BCUT2D eigenvalue weighted by molar-refractivity contribution is 0.0946. The number of anilines is 1. The van der Waals surface area contributed by atoms with Gasteiger partial charge in [0.25, 0.3) is 5.91 Å². The number of aromatic nitrogens is 2. The summed E-state index contributed by atoms with van der Waals surface area (Å²) in [5.41, 5.74) is 0.334. The lowest BCUT2D eigenvalue weighted by Crippen LogP contribution is -2.28. The number of primary sulfonamides is 1. The second kappa shape index (κ2) is 8.31. The van der Waals surface area contributed by atoms with Crippen LogP contribution in [-0.2, 0) is 10.0 Å². The normalized spacial score (nSPS) is 14.2. The van der Waals surface area contributed by atoms with Crippen molar-refractivity contribution in [3.8, 4) is 5.88 Å². The molecule has 2 aromatic rings. The van der Waals surface area contributed by atoms with Crippen LogP contribution in [0.15, 0.2) is 41.6 Å². The van der Waals surface area contributed by atoms with Gasteiger partial charge in [-0.1, -0.05) is 0 Å². The fraction of sp³-hybridized carbons (Fsp3) is 0.353. The number of nitrogens with zero attached hydrogens (tertiary/aromatic N) is 3. The first-order chi connectivity index (χ1) is 12.9. The van der Waals surface area contributed by atoms with E-state index in [1.807, 2.05) is 0 Å². The minimum atomic E-state index is -3.77. The minimum absolute atomic E-state index is 0.0417. The molecule has 0 bridgehead atoms. The highest BCUT2D eigenvalue weighted by molar-refractivity contribution is 7.89. The van der Waals surface area contributed by atoms with Crippen molar-refractivity contribution in [2.24, 2.45) is 5.14 Å². The summed E-state index contributed by atoms with van der Waals surface area (Å²) >= 11 is 0. The van der Waals surface area contributed by atoms with Gasteiger partial charge in [-0.2, -0.15) is 0 Å². The molecule has 0 atom stereocenters. The molecule has 0 aliphatic carbocycles. The maximum Gasteiger partial charge on any atom is 0.251 e. The number of carbonyl (C=O) groups is 1. The molecule has 3 rings (SSSR count). The van der Waals surface area contributed by atoms with Gasteiger partial charge in [-0.25, -0.2) is 23.5 Å². The van der Waals surface area contributed by atoms with E-state index in [0.29, 0.717) is 11.4 Å². The van der Waals surface area contributed by atoms with E-state index in [2.05, 4.69) is 20.2 Å². The zero-order valence-electron chi connectivity index (χ0n) is 14.7. The third kappa shape index (κ3) is 5.14. The zero-order valence-corrected chi connectivity index (χ0v) is 15.5. The Morgan fingerprint density at radius 1 is 1.19 bits per heavy atom. The molecule has 1 aromatic carbocycles. The molecule has 0 spiro atoms. The first-order valence-electron chi connectivity index (χ1n) is 8.54. The summed E-state index contributed by atoms with van der Waals surface area (Å²) in [6.07, 6.45) is 3.78. The van der Waals surface area contributed by atoms with Crippen molar-refractivity contribution in [2.75, 3.05) is 31.1 Å². The molecule has 0 unspecified atom stereocenters. The van der Waals surface area contributed by atoms with Gasteiger partial charge in [0, 0.05) is 24.7 Å². The summed E-state index contributed by atoms with van der Waals surface area (Å²) in [4.78, 5) is 22.5. The van der Waals surface area contributed by atoms with E-state index in [-0.39, 0.29) is 24.0 Å². The monoisotopic (exact) mass is 391 g/mol. The number of nitrogens with two attached hydrogens (primary N) is 1. The van der Waals surface area contributed by atoms with Crippen LogP contribution in [0.1, 0.15) is 23.2 Å².